The van der Waals surface area contributed by atoms with Crippen molar-refractivity contribution in [1.82, 2.24) is 5.32 Å². The fraction of sp³-hybridized carbons (Fsp3) is 0.350. The molecule has 1 aliphatic heterocycles. The molecule has 1 amide bonds. The Labute approximate surface area is 153 Å². The molecule has 0 aromatic heterocycles. The van der Waals surface area contributed by atoms with E-state index in [0.29, 0.717) is 17.9 Å². The molecule has 2 aromatic carbocycles. The van der Waals surface area contributed by atoms with Crippen molar-refractivity contribution in [3.8, 4) is 11.5 Å². The summed E-state index contributed by atoms with van der Waals surface area (Å²) in [6, 6.07) is 12.9. The molecular weight excluding hydrogens is 338 g/mol. The quantitative estimate of drug-likeness (QED) is 0.884. The van der Waals surface area contributed by atoms with Crippen LogP contribution in [0.3, 0.4) is 0 Å². The lowest BCUT2D eigenvalue weighted by Crippen LogP contribution is -2.41. The minimum atomic E-state index is -0.364. The van der Waals surface area contributed by atoms with E-state index in [1.807, 2.05) is 44.2 Å². The number of fused-ring (bicyclic) bond motifs is 1. The molecule has 1 aliphatic rings. The fourth-order valence-electron chi connectivity index (χ4n) is 3.12. The number of ether oxygens (including phenoxy) is 2. The summed E-state index contributed by atoms with van der Waals surface area (Å²) >= 11 is 5.89. The number of carbonyl (C=O) groups is 1. The molecule has 5 heteroatoms. The zero-order chi connectivity index (χ0) is 18.0. The number of nitrogens with one attached hydrogen (secondary N) is 1. The Morgan fingerprint density at radius 2 is 2.00 bits per heavy atom. The summed E-state index contributed by atoms with van der Waals surface area (Å²) in [5, 5.41) is 3.80. The van der Waals surface area contributed by atoms with Crippen molar-refractivity contribution < 1.29 is 14.3 Å². The number of carbonyl (C=O) groups excluding carboxylic acids is 1. The number of hydrogen-bond donors (Lipinski definition) is 1. The average Bonchev–Trinajstić information content (AvgIpc) is 2.55. The molecule has 0 saturated heterocycles. The highest BCUT2D eigenvalue weighted by Gasteiger charge is 2.34. The highest BCUT2D eigenvalue weighted by Crippen LogP contribution is 2.41. The Morgan fingerprint density at radius 1 is 1.28 bits per heavy atom. The molecule has 0 bridgehead atoms. The second kappa shape index (κ2) is 6.96. The van der Waals surface area contributed by atoms with E-state index in [1.54, 1.807) is 19.2 Å². The summed E-state index contributed by atoms with van der Waals surface area (Å²) in [5.41, 5.74) is 1.55. The fourth-order valence-corrected chi connectivity index (χ4v) is 3.25. The van der Waals surface area contributed by atoms with Crippen LogP contribution in [0.2, 0.25) is 5.02 Å². The predicted molar refractivity (Wildman–Crippen MR) is 98.4 cm³/mol. The molecule has 1 unspecified atom stereocenters. The highest BCUT2D eigenvalue weighted by atomic mass is 35.5. The molecule has 0 saturated carbocycles. The van der Waals surface area contributed by atoms with Crippen molar-refractivity contribution >= 4 is 17.5 Å². The van der Waals surface area contributed by atoms with Gasteiger partial charge in [0.15, 0.2) is 0 Å². The third-order valence-corrected chi connectivity index (χ3v) is 4.54. The van der Waals surface area contributed by atoms with Crippen molar-refractivity contribution in [2.75, 3.05) is 7.11 Å². The molecule has 4 nitrogen and oxygen atoms in total. The van der Waals surface area contributed by atoms with E-state index in [-0.39, 0.29) is 17.6 Å². The van der Waals surface area contributed by atoms with Crippen molar-refractivity contribution in [1.29, 1.82) is 0 Å². The average molecular weight is 360 g/mol. The molecule has 2 aromatic rings. The van der Waals surface area contributed by atoms with Gasteiger partial charge in [0, 0.05) is 23.1 Å². The van der Waals surface area contributed by atoms with Crippen LogP contribution < -0.4 is 14.8 Å². The SMILES string of the molecule is COc1ccc2c(c1)OC(C)(C)CC2NC(=O)Cc1ccc(Cl)cc1. The van der Waals surface area contributed by atoms with Crippen LogP contribution in [0.5, 0.6) is 11.5 Å². The Kier molecular flexibility index (Phi) is 4.91. The van der Waals surface area contributed by atoms with Crippen LogP contribution in [0.25, 0.3) is 0 Å². The maximum atomic E-state index is 12.5. The lowest BCUT2D eigenvalue weighted by Gasteiger charge is -2.38. The van der Waals surface area contributed by atoms with Crippen LogP contribution in [-0.2, 0) is 11.2 Å². The smallest absolute Gasteiger partial charge is 0.224 e. The molecular formula is C20H22ClNO3. The number of amides is 1. The summed E-state index contributed by atoms with van der Waals surface area (Å²) in [5.74, 6) is 1.47. The molecule has 132 valence electrons. The summed E-state index contributed by atoms with van der Waals surface area (Å²) in [7, 11) is 1.63. The van der Waals surface area contributed by atoms with E-state index in [2.05, 4.69) is 5.32 Å². The largest absolute Gasteiger partial charge is 0.497 e. The van der Waals surface area contributed by atoms with Gasteiger partial charge in [-0.15, -0.1) is 0 Å². The third-order valence-electron chi connectivity index (χ3n) is 4.29. The van der Waals surface area contributed by atoms with Gasteiger partial charge in [0.1, 0.15) is 17.1 Å². The zero-order valence-corrected chi connectivity index (χ0v) is 15.4. The maximum Gasteiger partial charge on any atom is 0.224 e. The van der Waals surface area contributed by atoms with Gasteiger partial charge < -0.3 is 14.8 Å². The van der Waals surface area contributed by atoms with Crippen LogP contribution in [0.4, 0.5) is 0 Å². The Bertz CT molecular complexity index is 771. The maximum absolute atomic E-state index is 12.5. The van der Waals surface area contributed by atoms with Crippen molar-refractivity contribution in [3.63, 3.8) is 0 Å². The number of benzene rings is 2. The summed E-state index contributed by atoms with van der Waals surface area (Å²) < 4.78 is 11.3. The summed E-state index contributed by atoms with van der Waals surface area (Å²) in [4.78, 5) is 12.5. The Hall–Kier alpha value is -2.20. The number of hydrogen-bond acceptors (Lipinski definition) is 3. The molecule has 0 spiro atoms. The van der Waals surface area contributed by atoms with Crippen molar-refractivity contribution in [2.45, 2.75) is 38.3 Å². The number of rotatable bonds is 4. The van der Waals surface area contributed by atoms with Crippen LogP contribution >= 0.6 is 11.6 Å². The van der Waals surface area contributed by atoms with Crippen molar-refractivity contribution in [2.24, 2.45) is 0 Å². The molecule has 0 radical (unpaired) electrons. The number of methoxy groups -OCH3 is 1. The molecule has 1 N–H and O–H groups in total. The van der Waals surface area contributed by atoms with Crippen molar-refractivity contribution in [3.05, 3.63) is 58.6 Å². The molecule has 0 fully saturated rings. The third kappa shape index (κ3) is 4.26. The van der Waals surface area contributed by atoms with Gasteiger partial charge >= 0.3 is 0 Å². The van der Waals surface area contributed by atoms with E-state index in [0.717, 1.165) is 22.6 Å². The lowest BCUT2D eigenvalue weighted by molar-refractivity contribution is -0.121. The second-order valence-electron chi connectivity index (χ2n) is 6.89. The Morgan fingerprint density at radius 3 is 2.68 bits per heavy atom. The minimum absolute atomic E-state index is 0.0215. The first kappa shape index (κ1) is 17.6. The van der Waals surface area contributed by atoms with Crippen LogP contribution in [-0.4, -0.2) is 18.6 Å². The molecule has 0 aliphatic carbocycles. The first-order chi connectivity index (χ1) is 11.9. The second-order valence-corrected chi connectivity index (χ2v) is 7.33. The van der Waals surface area contributed by atoms with Crippen LogP contribution in [0, 0.1) is 0 Å². The van der Waals surface area contributed by atoms with Crippen LogP contribution in [0.15, 0.2) is 42.5 Å². The van der Waals surface area contributed by atoms with Gasteiger partial charge in [-0.3, -0.25) is 4.79 Å². The topological polar surface area (TPSA) is 47.6 Å². The van der Waals surface area contributed by atoms with Gasteiger partial charge in [-0.2, -0.15) is 0 Å². The minimum Gasteiger partial charge on any atom is -0.497 e. The van der Waals surface area contributed by atoms with E-state index in [1.165, 1.54) is 0 Å². The van der Waals surface area contributed by atoms with Gasteiger partial charge in [-0.25, -0.2) is 0 Å². The van der Waals surface area contributed by atoms with Gasteiger partial charge in [0.25, 0.3) is 0 Å². The normalized spacial score (nSPS) is 18.0. The first-order valence-electron chi connectivity index (χ1n) is 8.27. The van der Waals surface area contributed by atoms with E-state index in [4.69, 9.17) is 21.1 Å². The van der Waals surface area contributed by atoms with E-state index in [9.17, 15) is 4.79 Å². The summed E-state index contributed by atoms with van der Waals surface area (Å²) in [6.07, 6.45) is 1.03. The summed E-state index contributed by atoms with van der Waals surface area (Å²) in [6.45, 7) is 4.04. The first-order valence-corrected chi connectivity index (χ1v) is 8.65. The van der Waals surface area contributed by atoms with Gasteiger partial charge in [0.2, 0.25) is 5.91 Å². The van der Waals surface area contributed by atoms with Crippen LogP contribution in [0.1, 0.15) is 37.4 Å². The van der Waals surface area contributed by atoms with Gasteiger partial charge in [0.05, 0.1) is 19.6 Å². The van der Waals surface area contributed by atoms with Gasteiger partial charge in [-0.05, 0) is 43.7 Å². The molecule has 3 rings (SSSR count). The van der Waals surface area contributed by atoms with E-state index >= 15 is 0 Å². The Balaban J connectivity index is 1.77. The molecule has 1 atom stereocenters. The molecule has 25 heavy (non-hydrogen) atoms. The monoisotopic (exact) mass is 359 g/mol. The zero-order valence-electron chi connectivity index (χ0n) is 14.6. The van der Waals surface area contributed by atoms with Gasteiger partial charge in [-0.1, -0.05) is 23.7 Å². The lowest BCUT2D eigenvalue weighted by atomic mass is 9.89. The molecule has 1 heterocycles. The number of halogens is 1. The van der Waals surface area contributed by atoms with E-state index < -0.39 is 0 Å². The standard InChI is InChI=1S/C20H22ClNO3/c1-20(2)12-17(16-9-8-15(24-3)11-18(16)25-20)22-19(23)10-13-4-6-14(21)7-5-13/h4-9,11,17H,10,12H2,1-3H3,(H,22,23). The highest BCUT2D eigenvalue weighted by molar-refractivity contribution is 6.30. The predicted octanol–water partition coefficient (Wildman–Crippen LogP) is 4.31.